The Hall–Kier alpha value is -2.11. The summed E-state index contributed by atoms with van der Waals surface area (Å²) in [6, 6.07) is 13.9. The molecular weight excluding hydrogens is 338 g/mol. The first-order valence-corrected chi connectivity index (χ1v) is 9.65. The lowest BCUT2D eigenvalue weighted by Crippen LogP contribution is -2.10. The summed E-state index contributed by atoms with van der Waals surface area (Å²) < 4.78 is 6.77. The summed E-state index contributed by atoms with van der Waals surface area (Å²) in [6.07, 6.45) is 2.02. The first-order chi connectivity index (χ1) is 11.6. The summed E-state index contributed by atoms with van der Waals surface area (Å²) in [6.45, 7) is 5.32. The van der Waals surface area contributed by atoms with E-state index in [1.807, 2.05) is 48.7 Å². The Kier molecular flexibility index (Phi) is 5.02. The van der Waals surface area contributed by atoms with Gasteiger partial charge in [-0.1, -0.05) is 30.8 Å². The van der Waals surface area contributed by atoms with Crippen molar-refractivity contribution >= 4 is 39.3 Å². The molecular formula is C19H17NO2S2. The van der Waals surface area contributed by atoms with E-state index >= 15 is 0 Å². The molecule has 0 N–H and O–H groups in total. The third-order valence-corrected chi connectivity index (χ3v) is 5.13. The molecule has 0 saturated heterocycles. The van der Waals surface area contributed by atoms with Gasteiger partial charge in [0.2, 0.25) is 0 Å². The number of benzene rings is 2. The van der Waals surface area contributed by atoms with Gasteiger partial charge in [-0.15, -0.1) is 11.3 Å². The van der Waals surface area contributed by atoms with Crippen LogP contribution in [0, 0.1) is 0 Å². The van der Waals surface area contributed by atoms with Gasteiger partial charge in [0.25, 0.3) is 0 Å². The van der Waals surface area contributed by atoms with Crippen molar-refractivity contribution in [3.8, 4) is 16.3 Å². The molecule has 0 unspecified atom stereocenters. The topological polar surface area (TPSA) is 39.2 Å². The highest BCUT2D eigenvalue weighted by Crippen LogP contribution is 2.39. The summed E-state index contributed by atoms with van der Waals surface area (Å²) in [7, 11) is 0. The number of rotatable bonds is 5. The fraction of sp³-hybridized carbons (Fsp3) is 0.158. The van der Waals surface area contributed by atoms with Crippen molar-refractivity contribution in [3.05, 3.63) is 60.2 Å². The molecule has 0 fully saturated rings. The molecule has 3 nitrogen and oxygen atoms in total. The molecule has 3 rings (SSSR count). The number of thiazole rings is 1. The number of nitrogens with zero attached hydrogens (tertiary/aromatic N) is 1. The second-order valence-electron chi connectivity index (χ2n) is 5.38. The fourth-order valence-electron chi connectivity index (χ4n) is 2.31. The number of hydrogen-bond donors (Lipinski definition) is 0. The van der Waals surface area contributed by atoms with Gasteiger partial charge < -0.3 is 4.74 Å². The third-order valence-electron chi connectivity index (χ3n) is 3.46. The lowest BCUT2D eigenvalue weighted by atomic mass is 10.1. The Balaban J connectivity index is 2.13. The predicted molar refractivity (Wildman–Crippen MR) is 103 cm³/mol. The maximum atomic E-state index is 12.1. The molecule has 0 radical (unpaired) electrons. The molecule has 0 amide bonds. The monoisotopic (exact) mass is 355 g/mol. The van der Waals surface area contributed by atoms with Crippen molar-refractivity contribution in [2.75, 3.05) is 6.26 Å². The van der Waals surface area contributed by atoms with Crippen LogP contribution in [0.3, 0.4) is 0 Å². The molecule has 122 valence electrons. The van der Waals surface area contributed by atoms with Gasteiger partial charge in [0, 0.05) is 16.9 Å². The van der Waals surface area contributed by atoms with E-state index in [0.29, 0.717) is 11.3 Å². The quantitative estimate of drug-likeness (QED) is 0.353. The number of carbonyl (C=O) groups is 1. The summed E-state index contributed by atoms with van der Waals surface area (Å²) in [5, 5.41) is 0.851. The van der Waals surface area contributed by atoms with Crippen LogP contribution >= 0.6 is 23.1 Å². The van der Waals surface area contributed by atoms with Gasteiger partial charge in [0.15, 0.2) is 0 Å². The molecule has 3 aromatic rings. The van der Waals surface area contributed by atoms with Gasteiger partial charge in [-0.2, -0.15) is 11.8 Å². The number of para-hydroxylation sites is 2. The number of hydrogen-bond acceptors (Lipinski definition) is 5. The molecule has 0 aliphatic heterocycles. The normalized spacial score (nSPS) is 10.8. The van der Waals surface area contributed by atoms with Crippen LogP contribution < -0.4 is 4.74 Å². The van der Waals surface area contributed by atoms with Crippen LogP contribution in [-0.4, -0.2) is 17.2 Å². The molecule has 0 aliphatic carbocycles. The van der Waals surface area contributed by atoms with Crippen LogP contribution in [0.4, 0.5) is 0 Å². The van der Waals surface area contributed by atoms with Crippen molar-refractivity contribution in [3.63, 3.8) is 0 Å². The van der Waals surface area contributed by atoms with E-state index in [2.05, 4.69) is 6.58 Å². The molecule has 0 aliphatic rings. The van der Waals surface area contributed by atoms with Gasteiger partial charge in [-0.3, -0.25) is 0 Å². The minimum absolute atomic E-state index is 0.379. The van der Waals surface area contributed by atoms with Crippen LogP contribution in [0.25, 0.3) is 20.8 Å². The van der Waals surface area contributed by atoms with E-state index < -0.39 is 5.97 Å². The summed E-state index contributed by atoms with van der Waals surface area (Å²) in [4.78, 5) is 16.8. The van der Waals surface area contributed by atoms with Crippen LogP contribution in [0.1, 0.15) is 12.5 Å². The van der Waals surface area contributed by atoms with Crippen molar-refractivity contribution in [1.29, 1.82) is 0 Å². The number of carbonyl (C=O) groups excluding carboxylic acids is 1. The second-order valence-corrected chi connectivity index (χ2v) is 7.28. The molecule has 1 aromatic heterocycles. The number of esters is 1. The first-order valence-electron chi connectivity index (χ1n) is 7.44. The zero-order chi connectivity index (χ0) is 17.1. The molecule has 2 aromatic carbocycles. The largest absolute Gasteiger partial charge is 0.422 e. The average Bonchev–Trinajstić information content (AvgIpc) is 3.00. The van der Waals surface area contributed by atoms with Crippen LogP contribution in [0.2, 0.25) is 0 Å². The minimum atomic E-state index is -0.411. The van der Waals surface area contributed by atoms with Gasteiger partial charge in [0.1, 0.15) is 10.8 Å². The summed E-state index contributed by atoms with van der Waals surface area (Å²) in [5.41, 5.74) is 3.15. The highest BCUT2D eigenvalue weighted by Gasteiger charge is 2.18. The van der Waals surface area contributed by atoms with Gasteiger partial charge in [-0.25, -0.2) is 9.78 Å². The van der Waals surface area contributed by atoms with Crippen LogP contribution in [-0.2, 0) is 10.5 Å². The number of aromatic nitrogens is 1. The Morgan fingerprint density at radius 1 is 1.25 bits per heavy atom. The molecule has 0 atom stereocenters. The Morgan fingerprint density at radius 3 is 2.75 bits per heavy atom. The van der Waals surface area contributed by atoms with Crippen LogP contribution in [0.15, 0.2) is 54.6 Å². The lowest BCUT2D eigenvalue weighted by molar-refractivity contribution is -0.130. The van der Waals surface area contributed by atoms with E-state index in [-0.39, 0.29) is 0 Å². The smallest absolute Gasteiger partial charge is 0.338 e. The molecule has 24 heavy (non-hydrogen) atoms. The van der Waals surface area contributed by atoms with Crippen molar-refractivity contribution in [2.45, 2.75) is 12.7 Å². The molecule has 0 saturated carbocycles. The molecule has 1 heterocycles. The van der Waals surface area contributed by atoms with E-state index in [0.717, 1.165) is 32.1 Å². The SMILES string of the molecule is C=C(C)C(=O)Oc1c(CSC)cccc1-c1nc2ccccc2s1. The maximum Gasteiger partial charge on any atom is 0.338 e. The number of thioether (sulfide) groups is 1. The zero-order valence-electron chi connectivity index (χ0n) is 13.5. The van der Waals surface area contributed by atoms with E-state index in [1.165, 1.54) is 0 Å². The lowest BCUT2D eigenvalue weighted by Gasteiger charge is -2.13. The molecule has 0 bridgehead atoms. The zero-order valence-corrected chi connectivity index (χ0v) is 15.2. The Morgan fingerprint density at radius 2 is 2.04 bits per heavy atom. The van der Waals surface area contributed by atoms with E-state index in [9.17, 15) is 4.79 Å². The van der Waals surface area contributed by atoms with Crippen molar-refractivity contribution in [2.24, 2.45) is 0 Å². The maximum absolute atomic E-state index is 12.1. The number of fused-ring (bicyclic) bond motifs is 1. The van der Waals surface area contributed by atoms with Crippen molar-refractivity contribution in [1.82, 2.24) is 4.98 Å². The Labute approximate surface area is 149 Å². The predicted octanol–water partition coefficient (Wildman–Crippen LogP) is 5.31. The molecule has 5 heteroatoms. The second kappa shape index (κ2) is 7.20. The van der Waals surface area contributed by atoms with E-state index in [4.69, 9.17) is 9.72 Å². The average molecular weight is 355 g/mol. The minimum Gasteiger partial charge on any atom is -0.422 e. The van der Waals surface area contributed by atoms with Gasteiger partial charge >= 0.3 is 5.97 Å². The van der Waals surface area contributed by atoms with Crippen molar-refractivity contribution < 1.29 is 9.53 Å². The summed E-state index contributed by atoms with van der Waals surface area (Å²) in [5.74, 6) is 0.933. The highest BCUT2D eigenvalue weighted by molar-refractivity contribution is 7.97. The first kappa shape index (κ1) is 16.7. The standard InChI is InChI=1S/C19H17NO2S2/c1-12(2)19(21)22-17-13(11-23-3)7-6-8-14(17)18-20-15-9-4-5-10-16(15)24-18/h4-10H,1,11H2,2-3H3. The van der Waals surface area contributed by atoms with E-state index in [1.54, 1.807) is 30.0 Å². The van der Waals surface area contributed by atoms with Crippen LogP contribution in [0.5, 0.6) is 5.75 Å². The van der Waals surface area contributed by atoms with Gasteiger partial charge in [-0.05, 0) is 31.4 Å². The summed E-state index contributed by atoms with van der Waals surface area (Å²) >= 11 is 3.28. The fourth-order valence-corrected chi connectivity index (χ4v) is 3.84. The highest BCUT2D eigenvalue weighted by atomic mass is 32.2. The van der Waals surface area contributed by atoms with Gasteiger partial charge in [0.05, 0.1) is 15.8 Å². The third kappa shape index (κ3) is 3.37. The number of ether oxygens (including phenoxy) is 1. The molecule has 0 spiro atoms. The Bertz CT molecular complexity index is 882.